The van der Waals surface area contributed by atoms with E-state index < -0.39 is 23.8 Å². The number of amides is 3. The van der Waals surface area contributed by atoms with Crippen LogP contribution in [-0.2, 0) is 20.9 Å². The summed E-state index contributed by atoms with van der Waals surface area (Å²) in [6.07, 6.45) is 1.45. The first kappa shape index (κ1) is 25.6. The van der Waals surface area contributed by atoms with E-state index in [-0.39, 0.29) is 31.3 Å². The average molecular weight is 520 g/mol. The normalized spacial score (nSPS) is 20.7. The van der Waals surface area contributed by atoms with E-state index in [0.717, 1.165) is 22.0 Å². The Balaban J connectivity index is 1.47. The monoisotopic (exact) mass is 519 g/mol. The summed E-state index contributed by atoms with van der Waals surface area (Å²) in [6.45, 7) is 6.65. The summed E-state index contributed by atoms with van der Waals surface area (Å²) in [5.41, 5.74) is 2.14. The van der Waals surface area contributed by atoms with Crippen LogP contribution in [0, 0.1) is 0 Å². The molecule has 10 heteroatoms. The van der Waals surface area contributed by atoms with Crippen molar-refractivity contribution >= 4 is 28.8 Å². The number of fused-ring (bicyclic) bond motifs is 6. The van der Waals surface area contributed by atoms with Crippen molar-refractivity contribution in [3.8, 4) is 16.9 Å². The molecule has 2 atom stereocenters. The Labute approximate surface area is 221 Å². The summed E-state index contributed by atoms with van der Waals surface area (Å²) < 4.78 is 13.7. The standard InChI is InChI=1S/C28H33N5O5/c1-28(2,3)38-27(36)33-16-20-15-24(33)26(35)30-11-10-25(34)29-12-13-32-17-22-21(8-5-9-23(22)31-32)18-6-4-7-19(14-18)37-20/h4-9,14,17,20,24H,10-13,15-16H2,1-3H3,(H,29,34)(H,30,35)/t20-,24-/m0/s1. The van der Waals surface area contributed by atoms with Gasteiger partial charge in [0.25, 0.3) is 0 Å². The molecular weight excluding hydrogens is 486 g/mol. The largest absolute Gasteiger partial charge is 0.488 e. The van der Waals surface area contributed by atoms with Gasteiger partial charge in [0.1, 0.15) is 23.5 Å². The van der Waals surface area contributed by atoms with E-state index in [1.807, 2.05) is 53.3 Å². The molecular formula is C28H33N5O5. The highest BCUT2D eigenvalue weighted by molar-refractivity contribution is 5.94. The molecule has 0 unspecified atom stereocenters. The van der Waals surface area contributed by atoms with Crippen LogP contribution < -0.4 is 15.4 Å². The first-order valence-corrected chi connectivity index (χ1v) is 12.9. The minimum atomic E-state index is -0.762. The zero-order chi connectivity index (χ0) is 26.9. The van der Waals surface area contributed by atoms with E-state index in [1.165, 1.54) is 4.90 Å². The Kier molecular flexibility index (Phi) is 6.96. The molecule has 2 N–H and O–H groups in total. The van der Waals surface area contributed by atoms with Crippen LogP contribution in [0.3, 0.4) is 0 Å². The summed E-state index contributed by atoms with van der Waals surface area (Å²) in [6, 6.07) is 13.0. The van der Waals surface area contributed by atoms with Crippen molar-refractivity contribution in [2.24, 2.45) is 0 Å². The van der Waals surface area contributed by atoms with Crippen molar-refractivity contribution in [2.45, 2.75) is 57.9 Å². The highest BCUT2D eigenvalue weighted by Crippen LogP contribution is 2.32. The first-order chi connectivity index (χ1) is 18.2. The Morgan fingerprint density at radius 2 is 1.92 bits per heavy atom. The number of nitrogens with one attached hydrogen (secondary N) is 2. The van der Waals surface area contributed by atoms with Crippen molar-refractivity contribution in [1.82, 2.24) is 25.3 Å². The van der Waals surface area contributed by atoms with Gasteiger partial charge in [-0.05, 0) is 50.1 Å². The van der Waals surface area contributed by atoms with E-state index >= 15 is 0 Å². The molecule has 2 aromatic carbocycles. The zero-order valence-electron chi connectivity index (χ0n) is 21.9. The number of aromatic nitrogens is 2. The molecule has 38 heavy (non-hydrogen) atoms. The van der Waals surface area contributed by atoms with Crippen LogP contribution in [0.15, 0.2) is 48.7 Å². The lowest BCUT2D eigenvalue weighted by atomic mass is 10.0. The first-order valence-electron chi connectivity index (χ1n) is 12.9. The molecule has 200 valence electrons. The second-order valence-electron chi connectivity index (χ2n) is 10.7. The van der Waals surface area contributed by atoms with Crippen molar-refractivity contribution in [3.05, 3.63) is 48.7 Å². The van der Waals surface area contributed by atoms with Crippen LogP contribution in [0.25, 0.3) is 22.0 Å². The molecule has 0 radical (unpaired) electrons. The fraction of sp³-hybridized carbons (Fsp3) is 0.429. The van der Waals surface area contributed by atoms with Gasteiger partial charge in [-0.15, -0.1) is 0 Å². The molecule has 3 amide bonds. The molecule has 1 fully saturated rings. The number of carbonyl (C=O) groups excluding carboxylic acids is 3. The van der Waals surface area contributed by atoms with Crippen LogP contribution in [0.4, 0.5) is 4.79 Å². The molecule has 3 heterocycles. The predicted octanol–water partition coefficient (Wildman–Crippen LogP) is 3.10. The zero-order valence-corrected chi connectivity index (χ0v) is 21.9. The SMILES string of the molecule is CC(C)(C)OC(=O)N1C[C@@H]2C[C@H]1C(=O)NCCC(=O)NCCn1cc3c(cccc3n1)-c1cccc(c1)O2. The summed E-state index contributed by atoms with van der Waals surface area (Å²) in [5, 5.41) is 11.3. The second-order valence-corrected chi connectivity index (χ2v) is 10.7. The van der Waals surface area contributed by atoms with Crippen LogP contribution in [0.5, 0.6) is 5.75 Å². The number of likely N-dealkylation sites (tertiary alicyclic amines) is 1. The lowest BCUT2D eigenvalue weighted by Gasteiger charge is -2.27. The van der Waals surface area contributed by atoms with Gasteiger partial charge in [0.15, 0.2) is 0 Å². The van der Waals surface area contributed by atoms with E-state index in [1.54, 1.807) is 20.8 Å². The molecule has 10 nitrogen and oxygen atoms in total. The highest BCUT2D eigenvalue weighted by atomic mass is 16.6. The van der Waals surface area contributed by atoms with Crippen molar-refractivity contribution in [1.29, 1.82) is 0 Å². The molecule has 1 aromatic heterocycles. The summed E-state index contributed by atoms with van der Waals surface area (Å²) in [7, 11) is 0. The topological polar surface area (TPSA) is 115 Å². The summed E-state index contributed by atoms with van der Waals surface area (Å²) >= 11 is 0. The molecule has 0 saturated carbocycles. The van der Waals surface area contributed by atoms with Crippen molar-refractivity contribution < 1.29 is 23.9 Å². The van der Waals surface area contributed by atoms with Crippen LogP contribution >= 0.6 is 0 Å². The van der Waals surface area contributed by atoms with E-state index in [9.17, 15) is 14.4 Å². The molecule has 0 spiro atoms. The second kappa shape index (κ2) is 10.4. The van der Waals surface area contributed by atoms with Gasteiger partial charge in [-0.3, -0.25) is 19.2 Å². The number of hydrogen-bond acceptors (Lipinski definition) is 6. The van der Waals surface area contributed by atoms with Gasteiger partial charge in [-0.1, -0.05) is 24.3 Å². The Morgan fingerprint density at radius 3 is 2.74 bits per heavy atom. The van der Waals surface area contributed by atoms with Gasteiger partial charge in [-0.2, -0.15) is 5.10 Å². The van der Waals surface area contributed by atoms with Gasteiger partial charge >= 0.3 is 6.09 Å². The minimum Gasteiger partial charge on any atom is -0.488 e. The predicted molar refractivity (Wildman–Crippen MR) is 142 cm³/mol. The molecule has 2 aliphatic rings. The van der Waals surface area contributed by atoms with Gasteiger partial charge in [0, 0.05) is 37.5 Å². The van der Waals surface area contributed by atoms with Crippen LogP contribution in [0.2, 0.25) is 0 Å². The van der Waals surface area contributed by atoms with Crippen LogP contribution in [0.1, 0.15) is 33.6 Å². The number of nitrogens with zero attached hydrogens (tertiary/aromatic N) is 3. The number of hydrogen-bond donors (Lipinski definition) is 2. The Bertz CT molecular complexity index is 1360. The van der Waals surface area contributed by atoms with E-state index in [2.05, 4.69) is 15.7 Å². The maximum absolute atomic E-state index is 13.1. The van der Waals surface area contributed by atoms with Gasteiger partial charge in [0.05, 0.1) is 18.6 Å². The maximum Gasteiger partial charge on any atom is 0.411 e. The number of rotatable bonds is 0. The molecule has 0 aliphatic carbocycles. The third-order valence-corrected chi connectivity index (χ3v) is 6.55. The number of benzene rings is 2. The fourth-order valence-corrected chi connectivity index (χ4v) is 4.86. The average Bonchev–Trinajstić information content (AvgIpc) is 3.46. The lowest BCUT2D eigenvalue weighted by molar-refractivity contribution is -0.125. The van der Waals surface area contributed by atoms with E-state index in [0.29, 0.717) is 25.3 Å². The van der Waals surface area contributed by atoms with Gasteiger partial charge in [-0.25, -0.2) is 4.79 Å². The number of carbonyl (C=O) groups is 3. The van der Waals surface area contributed by atoms with E-state index in [4.69, 9.17) is 9.47 Å². The molecule has 6 bridgehead atoms. The highest BCUT2D eigenvalue weighted by Gasteiger charge is 2.42. The fourth-order valence-electron chi connectivity index (χ4n) is 4.86. The van der Waals surface area contributed by atoms with Crippen molar-refractivity contribution in [3.63, 3.8) is 0 Å². The maximum atomic E-state index is 13.1. The van der Waals surface area contributed by atoms with Gasteiger partial charge < -0.3 is 20.1 Å². The Morgan fingerprint density at radius 1 is 1.11 bits per heavy atom. The third kappa shape index (κ3) is 5.74. The molecule has 3 aromatic rings. The molecule has 2 aliphatic heterocycles. The van der Waals surface area contributed by atoms with Crippen LogP contribution in [-0.4, -0.2) is 70.0 Å². The third-order valence-electron chi connectivity index (χ3n) is 6.55. The summed E-state index contributed by atoms with van der Waals surface area (Å²) in [5.74, 6) is 0.139. The Hall–Kier alpha value is -4.08. The van der Waals surface area contributed by atoms with Crippen molar-refractivity contribution in [2.75, 3.05) is 19.6 Å². The summed E-state index contributed by atoms with van der Waals surface area (Å²) in [4.78, 5) is 39.8. The quantitative estimate of drug-likeness (QED) is 0.472. The molecule has 1 saturated heterocycles. The smallest absolute Gasteiger partial charge is 0.411 e. The lowest BCUT2D eigenvalue weighted by Crippen LogP contribution is -2.48. The molecule has 5 rings (SSSR count). The minimum absolute atomic E-state index is 0.127. The number of ether oxygens (including phenoxy) is 2. The van der Waals surface area contributed by atoms with Gasteiger partial charge in [0.2, 0.25) is 11.8 Å².